The number of guanidine groups is 1. The van der Waals surface area contributed by atoms with Crippen LogP contribution >= 0.6 is 47.2 Å². The van der Waals surface area contributed by atoms with Crippen LogP contribution in [-0.2, 0) is 4.79 Å². The lowest BCUT2D eigenvalue weighted by molar-refractivity contribution is -0.121. The molecule has 0 saturated carbocycles. The molecular weight excluding hydrogens is 474 g/mol. The van der Waals surface area contributed by atoms with Crippen LogP contribution in [0.1, 0.15) is 45.7 Å². The maximum absolute atomic E-state index is 11.7. The first-order valence-corrected chi connectivity index (χ1v) is 8.88. The molecule has 142 valence electrons. The van der Waals surface area contributed by atoms with Crippen molar-refractivity contribution in [3.05, 3.63) is 33.8 Å². The van der Waals surface area contributed by atoms with Gasteiger partial charge < -0.3 is 16.0 Å². The molecule has 0 radical (unpaired) electrons. The molecule has 0 saturated heterocycles. The predicted molar refractivity (Wildman–Crippen MR) is 117 cm³/mol. The van der Waals surface area contributed by atoms with Crippen molar-refractivity contribution in [3.8, 4) is 0 Å². The van der Waals surface area contributed by atoms with Gasteiger partial charge in [0.2, 0.25) is 5.91 Å². The van der Waals surface area contributed by atoms with Crippen molar-refractivity contribution in [1.29, 1.82) is 0 Å². The van der Waals surface area contributed by atoms with Gasteiger partial charge in [0.15, 0.2) is 5.96 Å². The molecule has 1 unspecified atom stereocenters. The fourth-order valence-corrected chi connectivity index (χ4v) is 2.69. The molecule has 0 bridgehead atoms. The second-order valence-electron chi connectivity index (χ2n) is 5.76. The van der Waals surface area contributed by atoms with Crippen LogP contribution in [0.15, 0.2) is 23.2 Å². The maximum atomic E-state index is 11.7. The average Bonchev–Trinajstić information content (AvgIpc) is 2.46. The van der Waals surface area contributed by atoms with E-state index < -0.39 is 0 Å². The van der Waals surface area contributed by atoms with E-state index in [-0.39, 0.29) is 42.0 Å². The number of carbonyl (C=O) groups is 1. The highest BCUT2D eigenvalue weighted by Gasteiger charge is 2.12. The molecule has 5 nitrogen and oxygen atoms in total. The van der Waals surface area contributed by atoms with E-state index in [0.29, 0.717) is 29.0 Å². The van der Waals surface area contributed by atoms with E-state index in [1.54, 1.807) is 12.1 Å². The lowest BCUT2D eigenvalue weighted by atomic mass is 10.1. The Morgan fingerprint density at radius 1 is 1.20 bits per heavy atom. The van der Waals surface area contributed by atoms with Gasteiger partial charge in [-0.1, -0.05) is 29.3 Å². The Morgan fingerprint density at radius 2 is 1.88 bits per heavy atom. The van der Waals surface area contributed by atoms with Crippen molar-refractivity contribution in [2.24, 2.45) is 4.99 Å². The quantitative estimate of drug-likeness (QED) is 0.299. The summed E-state index contributed by atoms with van der Waals surface area (Å²) < 4.78 is 0. The van der Waals surface area contributed by atoms with Crippen molar-refractivity contribution in [2.75, 3.05) is 13.1 Å². The molecule has 0 heterocycles. The van der Waals surface area contributed by atoms with E-state index >= 15 is 0 Å². The normalized spacial score (nSPS) is 12.4. The lowest BCUT2D eigenvalue weighted by Gasteiger charge is -2.19. The highest BCUT2D eigenvalue weighted by Crippen LogP contribution is 2.25. The maximum Gasteiger partial charge on any atom is 0.222 e. The number of nitrogens with one attached hydrogen (secondary N) is 3. The van der Waals surface area contributed by atoms with Gasteiger partial charge in [0.25, 0.3) is 0 Å². The fraction of sp³-hybridized carbons (Fsp3) is 0.529. The summed E-state index contributed by atoms with van der Waals surface area (Å²) in [5.74, 6) is 0.645. The second-order valence-corrected chi connectivity index (χ2v) is 6.61. The summed E-state index contributed by atoms with van der Waals surface area (Å²) in [6.45, 7) is 8.99. The molecule has 0 spiro atoms. The van der Waals surface area contributed by atoms with Crippen LogP contribution in [0, 0.1) is 0 Å². The second kappa shape index (κ2) is 12.6. The van der Waals surface area contributed by atoms with Gasteiger partial charge in [0, 0.05) is 29.1 Å². The van der Waals surface area contributed by atoms with Crippen molar-refractivity contribution >= 4 is 59.0 Å². The van der Waals surface area contributed by atoms with Gasteiger partial charge in [-0.05, 0) is 45.4 Å². The summed E-state index contributed by atoms with van der Waals surface area (Å²) in [5.41, 5.74) is 0.934. The van der Waals surface area contributed by atoms with Crippen LogP contribution in [0.4, 0.5) is 0 Å². The van der Waals surface area contributed by atoms with Crippen LogP contribution < -0.4 is 16.0 Å². The van der Waals surface area contributed by atoms with E-state index in [1.165, 1.54) is 0 Å². The summed E-state index contributed by atoms with van der Waals surface area (Å²) in [7, 11) is 0. The monoisotopic (exact) mass is 500 g/mol. The van der Waals surface area contributed by atoms with Crippen molar-refractivity contribution in [1.82, 2.24) is 16.0 Å². The number of carbonyl (C=O) groups excluding carboxylic acids is 1. The van der Waals surface area contributed by atoms with Crippen molar-refractivity contribution in [3.63, 3.8) is 0 Å². The van der Waals surface area contributed by atoms with Crippen molar-refractivity contribution < 1.29 is 4.79 Å². The van der Waals surface area contributed by atoms with Gasteiger partial charge in [-0.2, -0.15) is 0 Å². The van der Waals surface area contributed by atoms with Gasteiger partial charge in [-0.3, -0.25) is 9.79 Å². The Labute approximate surface area is 177 Å². The first-order valence-electron chi connectivity index (χ1n) is 8.12. The molecule has 0 aliphatic heterocycles. The predicted octanol–water partition coefficient (Wildman–Crippen LogP) is 4.14. The molecule has 1 aromatic rings. The molecule has 0 aromatic heterocycles. The zero-order chi connectivity index (χ0) is 18.1. The number of nitrogens with zero attached hydrogens (tertiary/aromatic N) is 1. The van der Waals surface area contributed by atoms with Gasteiger partial charge in [-0.15, -0.1) is 24.0 Å². The minimum Gasteiger partial charge on any atom is -0.357 e. The number of halogens is 3. The highest BCUT2D eigenvalue weighted by atomic mass is 127. The third-order valence-electron chi connectivity index (χ3n) is 3.18. The molecule has 0 fully saturated rings. The molecule has 0 aliphatic carbocycles. The standard InChI is InChI=1S/C17H26Cl2N4O.HI/c1-5-20-17(21-9-8-16(24)22-11(2)3)23-12(4)14-7-6-13(18)10-15(14)19;/h6-7,10-12H,5,8-9H2,1-4H3,(H,22,24)(H2,20,21,23);1H. The summed E-state index contributed by atoms with van der Waals surface area (Å²) in [5, 5.41) is 10.5. The van der Waals surface area contributed by atoms with E-state index in [4.69, 9.17) is 23.2 Å². The molecule has 3 N–H and O–H groups in total. The smallest absolute Gasteiger partial charge is 0.222 e. The van der Waals surface area contributed by atoms with Gasteiger partial charge >= 0.3 is 0 Å². The summed E-state index contributed by atoms with van der Waals surface area (Å²) >= 11 is 12.2. The minimum atomic E-state index is -0.0444. The summed E-state index contributed by atoms with van der Waals surface area (Å²) in [6.07, 6.45) is 0.352. The molecule has 8 heteroatoms. The summed E-state index contributed by atoms with van der Waals surface area (Å²) in [6, 6.07) is 5.51. The van der Waals surface area contributed by atoms with Crippen LogP contribution in [0.2, 0.25) is 10.0 Å². The number of amides is 1. The number of rotatable bonds is 7. The lowest BCUT2D eigenvalue weighted by Crippen LogP contribution is -2.39. The molecular formula is C17H27Cl2IN4O. The summed E-state index contributed by atoms with van der Waals surface area (Å²) in [4.78, 5) is 16.1. The Hall–Kier alpha value is -0.730. The van der Waals surface area contributed by atoms with Crippen LogP contribution in [0.3, 0.4) is 0 Å². The van der Waals surface area contributed by atoms with E-state index in [1.807, 2.05) is 33.8 Å². The Morgan fingerprint density at radius 3 is 2.44 bits per heavy atom. The van der Waals surface area contributed by atoms with Crippen LogP contribution in [0.5, 0.6) is 0 Å². The number of hydrogen-bond donors (Lipinski definition) is 3. The third-order valence-corrected chi connectivity index (χ3v) is 3.75. The number of aliphatic imine (C=N–C) groups is 1. The number of hydrogen-bond acceptors (Lipinski definition) is 2. The molecule has 1 rings (SSSR count). The Kier molecular flexibility index (Phi) is 12.2. The van der Waals surface area contributed by atoms with Crippen LogP contribution in [0.25, 0.3) is 0 Å². The topological polar surface area (TPSA) is 65.5 Å². The third kappa shape index (κ3) is 9.51. The molecule has 1 atom stereocenters. The number of benzene rings is 1. The molecule has 0 aliphatic rings. The van der Waals surface area contributed by atoms with E-state index in [9.17, 15) is 4.79 Å². The Balaban J connectivity index is 0.00000576. The highest BCUT2D eigenvalue weighted by molar-refractivity contribution is 14.0. The average molecular weight is 501 g/mol. The van der Waals surface area contributed by atoms with Crippen LogP contribution in [-0.4, -0.2) is 31.0 Å². The molecule has 1 aromatic carbocycles. The first-order chi connectivity index (χ1) is 11.3. The zero-order valence-corrected chi connectivity index (χ0v) is 18.9. The SMILES string of the molecule is CCNC(=NCCC(=O)NC(C)C)NC(C)c1ccc(Cl)cc1Cl.I. The van der Waals surface area contributed by atoms with Gasteiger partial charge in [0.05, 0.1) is 12.6 Å². The van der Waals surface area contributed by atoms with Gasteiger partial charge in [0.1, 0.15) is 0 Å². The van der Waals surface area contributed by atoms with Crippen molar-refractivity contribution in [2.45, 2.75) is 46.2 Å². The molecule has 25 heavy (non-hydrogen) atoms. The Bertz CT molecular complexity index is 582. The van der Waals surface area contributed by atoms with Gasteiger partial charge in [-0.25, -0.2) is 0 Å². The minimum absolute atomic E-state index is 0. The van der Waals surface area contributed by atoms with E-state index in [0.717, 1.165) is 12.1 Å². The first kappa shape index (κ1) is 24.3. The zero-order valence-electron chi connectivity index (χ0n) is 15.0. The fourth-order valence-electron chi connectivity index (χ4n) is 2.12. The largest absolute Gasteiger partial charge is 0.357 e. The molecule has 1 amide bonds. The van der Waals surface area contributed by atoms with E-state index in [2.05, 4.69) is 20.9 Å².